The molecule has 3 heteroatoms. The summed E-state index contributed by atoms with van der Waals surface area (Å²) < 4.78 is 0. The van der Waals surface area contributed by atoms with Crippen molar-refractivity contribution in [2.45, 2.75) is 20.0 Å². The van der Waals surface area contributed by atoms with Crippen molar-refractivity contribution in [3.05, 3.63) is 0 Å². The summed E-state index contributed by atoms with van der Waals surface area (Å²) in [5.74, 6) is 0. The molecule has 2 N–H and O–H groups in total. The Hall–Kier alpha value is -0.570. The largest absolute Gasteiger partial charge is 0.349 e. The third kappa shape index (κ3) is 2.46. The van der Waals surface area contributed by atoms with Gasteiger partial charge in [0.15, 0.2) is 0 Å². The van der Waals surface area contributed by atoms with Crippen LogP contribution in [0, 0.1) is 0 Å². The number of hydrogen-bond donors (Lipinski definition) is 1. The van der Waals surface area contributed by atoms with Crippen molar-refractivity contribution >= 4 is 6.34 Å². The normalized spacial score (nSPS) is 23.6. The Balaban J connectivity index is 0.000000291. The van der Waals surface area contributed by atoms with Crippen LogP contribution in [0.4, 0.5) is 0 Å². The SMILES string of the molecule is CC.CN1C=NCC1N. The summed E-state index contributed by atoms with van der Waals surface area (Å²) in [4.78, 5) is 5.81. The van der Waals surface area contributed by atoms with E-state index in [-0.39, 0.29) is 6.17 Å². The van der Waals surface area contributed by atoms with Gasteiger partial charge in [-0.1, -0.05) is 13.8 Å². The van der Waals surface area contributed by atoms with Crippen molar-refractivity contribution in [3.63, 3.8) is 0 Å². The van der Waals surface area contributed by atoms with E-state index in [0.29, 0.717) is 0 Å². The summed E-state index contributed by atoms with van der Waals surface area (Å²) in [6, 6.07) is 0. The van der Waals surface area contributed by atoms with Crippen LogP contribution in [0.5, 0.6) is 0 Å². The fraction of sp³-hybridized carbons (Fsp3) is 0.833. The van der Waals surface area contributed by atoms with Crippen molar-refractivity contribution in [3.8, 4) is 0 Å². The molecule has 1 aliphatic heterocycles. The minimum atomic E-state index is 0.125. The van der Waals surface area contributed by atoms with Gasteiger partial charge in [0.1, 0.15) is 0 Å². The highest BCUT2D eigenvalue weighted by molar-refractivity contribution is 5.57. The molecule has 0 radical (unpaired) electrons. The predicted octanol–water partition coefficient (Wildman–Crippen LogP) is 0.271. The van der Waals surface area contributed by atoms with Crippen LogP contribution in [-0.4, -0.2) is 31.0 Å². The lowest BCUT2D eigenvalue weighted by molar-refractivity contribution is 0.423. The molecule has 0 fully saturated rings. The molecular weight excluding hydrogens is 114 g/mol. The van der Waals surface area contributed by atoms with Gasteiger partial charge in [-0.25, -0.2) is 0 Å². The Morgan fingerprint density at radius 3 is 2.33 bits per heavy atom. The zero-order valence-corrected chi connectivity index (χ0v) is 6.33. The molecule has 0 amide bonds. The van der Waals surface area contributed by atoms with Crippen LogP contribution in [0.3, 0.4) is 0 Å². The molecule has 1 unspecified atom stereocenters. The number of rotatable bonds is 0. The quantitative estimate of drug-likeness (QED) is 0.510. The van der Waals surface area contributed by atoms with E-state index in [1.165, 1.54) is 0 Å². The Morgan fingerprint density at radius 1 is 1.67 bits per heavy atom. The number of likely N-dealkylation sites (N-methyl/N-ethyl adjacent to an activating group) is 1. The third-order valence-corrected chi connectivity index (χ3v) is 1.08. The van der Waals surface area contributed by atoms with E-state index >= 15 is 0 Å². The third-order valence-electron chi connectivity index (χ3n) is 1.08. The molecule has 0 saturated carbocycles. The Kier molecular flexibility index (Phi) is 4.05. The fourth-order valence-corrected chi connectivity index (χ4v) is 0.498. The second kappa shape index (κ2) is 4.32. The van der Waals surface area contributed by atoms with Gasteiger partial charge in [0.2, 0.25) is 0 Å². The van der Waals surface area contributed by atoms with Crippen LogP contribution >= 0.6 is 0 Å². The highest BCUT2D eigenvalue weighted by Crippen LogP contribution is 1.92. The lowest BCUT2D eigenvalue weighted by Crippen LogP contribution is -2.35. The highest BCUT2D eigenvalue weighted by atomic mass is 15.3. The van der Waals surface area contributed by atoms with Gasteiger partial charge < -0.3 is 10.6 Å². The van der Waals surface area contributed by atoms with Crippen molar-refractivity contribution in [1.29, 1.82) is 0 Å². The molecule has 0 aromatic rings. The van der Waals surface area contributed by atoms with Crippen LogP contribution in [0.15, 0.2) is 4.99 Å². The van der Waals surface area contributed by atoms with Gasteiger partial charge in [-0.15, -0.1) is 0 Å². The summed E-state index contributed by atoms with van der Waals surface area (Å²) in [5, 5.41) is 0. The lowest BCUT2D eigenvalue weighted by atomic mass is 10.5. The lowest BCUT2D eigenvalue weighted by Gasteiger charge is -2.11. The molecule has 0 bridgehead atoms. The van der Waals surface area contributed by atoms with Gasteiger partial charge in [0.05, 0.1) is 19.0 Å². The van der Waals surface area contributed by atoms with Crippen LogP contribution < -0.4 is 5.73 Å². The van der Waals surface area contributed by atoms with E-state index in [9.17, 15) is 0 Å². The molecule has 1 atom stereocenters. The summed E-state index contributed by atoms with van der Waals surface area (Å²) in [6.45, 7) is 4.75. The summed E-state index contributed by atoms with van der Waals surface area (Å²) in [6.07, 6.45) is 1.88. The summed E-state index contributed by atoms with van der Waals surface area (Å²) in [5.41, 5.74) is 5.48. The first-order chi connectivity index (χ1) is 4.30. The Labute approximate surface area is 56.6 Å². The fourth-order valence-electron chi connectivity index (χ4n) is 0.498. The van der Waals surface area contributed by atoms with Crippen LogP contribution in [0.25, 0.3) is 0 Å². The summed E-state index contributed by atoms with van der Waals surface area (Å²) in [7, 11) is 1.92. The molecule has 0 aromatic heterocycles. The van der Waals surface area contributed by atoms with E-state index in [1.54, 1.807) is 6.34 Å². The van der Waals surface area contributed by atoms with E-state index in [4.69, 9.17) is 5.73 Å². The minimum Gasteiger partial charge on any atom is -0.349 e. The van der Waals surface area contributed by atoms with Crippen molar-refractivity contribution in [2.75, 3.05) is 13.6 Å². The first-order valence-corrected chi connectivity index (χ1v) is 3.28. The average Bonchev–Trinajstić information content (AvgIpc) is 2.23. The first kappa shape index (κ1) is 8.43. The smallest absolute Gasteiger partial charge is 0.0974 e. The molecule has 1 heterocycles. The standard InChI is InChI=1S/C4H9N3.C2H6/c1-7-3-6-2-4(7)5;1-2/h3-4H,2,5H2,1H3;1-2H3. The highest BCUT2D eigenvalue weighted by Gasteiger charge is 2.08. The summed E-state index contributed by atoms with van der Waals surface area (Å²) >= 11 is 0. The maximum absolute atomic E-state index is 5.48. The van der Waals surface area contributed by atoms with E-state index in [2.05, 4.69) is 4.99 Å². The molecule has 54 valence electrons. The Bertz CT molecular complexity index is 90.3. The molecule has 3 nitrogen and oxygen atoms in total. The number of nitrogens with zero attached hydrogens (tertiary/aromatic N) is 2. The maximum atomic E-state index is 5.48. The van der Waals surface area contributed by atoms with Crippen LogP contribution in [0.1, 0.15) is 13.8 Å². The van der Waals surface area contributed by atoms with Gasteiger partial charge in [0.25, 0.3) is 0 Å². The predicted molar refractivity (Wildman–Crippen MR) is 40.4 cm³/mol. The minimum absolute atomic E-state index is 0.125. The number of hydrogen-bond acceptors (Lipinski definition) is 3. The average molecular weight is 129 g/mol. The zero-order chi connectivity index (χ0) is 7.28. The van der Waals surface area contributed by atoms with Gasteiger partial charge in [-0.2, -0.15) is 0 Å². The zero-order valence-electron chi connectivity index (χ0n) is 6.33. The van der Waals surface area contributed by atoms with E-state index in [1.807, 2.05) is 25.8 Å². The topological polar surface area (TPSA) is 41.6 Å². The van der Waals surface area contributed by atoms with Gasteiger partial charge in [-0.3, -0.25) is 4.99 Å². The van der Waals surface area contributed by atoms with Crippen LogP contribution in [0.2, 0.25) is 0 Å². The van der Waals surface area contributed by atoms with E-state index in [0.717, 1.165) is 6.54 Å². The first-order valence-electron chi connectivity index (χ1n) is 3.28. The molecule has 0 saturated heterocycles. The molecule has 1 aliphatic rings. The molecule has 1 rings (SSSR count). The number of nitrogens with two attached hydrogens (primary N) is 1. The second-order valence-corrected chi connectivity index (χ2v) is 1.71. The molecule has 0 spiro atoms. The molecule has 9 heavy (non-hydrogen) atoms. The molecule has 0 aliphatic carbocycles. The molecular formula is C6H15N3. The number of aliphatic imine (C=N–C) groups is 1. The van der Waals surface area contributed by atoms with Gasteiger partial charge in [-0.05, 0) is 0 Å². The second-order valence-electron chi connectivity index (χ2n) is 1.71. The maximum Gasteiger partial charge on any atom is 0.0974 e. The monoisotopic (exact) mass is 129 g/mol. The van der Waals surface area contributed by atoms with E-state index < -0.39 is 0 Å². The van der Waals surface area contributed by atoms with Gasteiger partial charge in [0, 0.05) is 7.05 Å². The van der Waals surface area contributed by atoms with Crippen molar-refractivity contribution in [2.24, 2.45) is 10.7 Å². The van der Waals surface area contributed by atoms with Gasteiger partial charge >= 0.3 is 0 Å². The Morgan fingerprint density at radius 2 is 2.22 bits per heavy atom. The van der Waals surface area contributed by atoms with Crippen molar-refractivity contribution in [1.82, 2.24) is 4.90 Å². The molecule has 0 aromatic carbocycles. The van der Waals surface area contributed by atoms with Crippen molar-refractivity contribution < 1.29 is 0 Å². The van der Waals surface area contributed by atoms with Crippen LogP contribution in [-0.2, 0) is 0 Å².